The number of aromatic nitrogens is 1. The van der Waals surface area contributed by atoms with Crippen LogP contribution in [0.15, 0.2) is 42.7 Å². The highest BCUT2D eigenvalue weighted by Gasteiger charge is 2.02. The Kier molecular flexibility index (Phi) is 2.91. The first-order chi connectivity index (χ1) is 7.79. The Hall–Kier alpha value is -2.23. The predicted octanol–water partition coefficient (Wildman–Crippen LogP) is 2.46. The largest absolute Gasteiger partial charge is 0.494 e. The van der Waals surface area contributed by atoms with Crippen molar-refractivity contribution in [2.75, 3.05) is 12.8 Å². The molecule has 0 amide bonds. The summed E-state index contributed by atoms with van der Waals surface area (Å²) in [5.41, 5.74) is 6.28. The highest BCUT2D eigenvalue weighted by Crippen LogP contribution is 2.29. The van der Waals surface area contributed by atoms with Gasteiger partial charge < -0.3 is 15.2 Å². The third-order valence-electron chi connectivity index (χ3n) is 2.08. The Morgan fingerprint density at radius 1 is 1.19 bits per heavy atom. The number of nitrogens with zero attached hydrogens (tertiary/aromatic N) is 1. The summed E-state index contributed by atoms with van der Waals surface area (Å²) in [7, 11) is 1.57. The molecule has 2 aromatic rings. The van der Waals surface area contributed by atoms with Crippen LogP contribution in [0.25, 0.3) is 0 Å². The maximum Gasteiger partial charge on any atom is 0.145 e. The van der Waals surface area contributed by atoms with Crippen LogP contribution >= 0.6 is 0 Å². The number of ether oxygens (including phenoxy) is 2. The van der Waals surface area contributed by atoms with Gasteiger partial charge in [0.25, 0.3) is 0 Å². The fraction of sp³-hybridized carbons (Fsp3) is 0.0833. The number of anilines is 1. The van der Waals surface area contributed by atoms with Crippen molar-refractivity contribution in [3.05, 3.63) is 42.7 Å². The lowest BCUT2D eigenvalue weighted by Crippen LogP contribution is -1.93. The zero-order valence-corrected chi connectivity index (χ0v) is 8.88. The SMILES string of the molecule is COc1cc(Oc2cccnc2)ccc1N. The van der Waals surface area contributed by atoms with Crippen LogP contribution in [0, 0.1) is 0 Å². The molecule has 4 nitrogen and oxygen atoms in total. The molecule has 2 rings (SSSR count). The summed E-state index contributed by atoms with van der Waals surface area (Å²) in [5.74, 6) is 1.94. The number of rotatable bonds is 3. The molecule has 82 valence electrons. The lowest BCUT2D eigenvalue weighted by molar-refractivity contribution is 0.411. The fourth-order valence-corrected chi connectivity index (χ4v) is 1.30. The van der Waals surface area contributed by atoms with Crippen molar-refractivity contribution in [1.29, 1.82) is 0 Å². The topological polar surface area (TPSA) is 57.4 Å². The number of pyridine rings is 1. The number of hydrogen-bond acceptors (Lipinski definition) is 4. The van der Waals surface area contributed by atoms with Gasteiger partial charge in [-0.2, -0.15) is 0 Å². The summed E-state index contributed by atoms with van der Waals surface area (Å²) in [4.78, 5) is 3.96. The first-order valence-corrected chi connectivity index (χ1v) is 4.81. The number of hydrogen-bond donors (Lipinski definition) is 1. The average molecular weight is 216 g/mol. The lowest BCUT2D eigenvalue weighted by atomic mass is 10.3. The summed E-state index contributed by atoms with van der Waals surface area (Å²) >= 11 is 0. The molecule has 4 heteroatoms. The summed E-state index contributed by atoms with van der Waals surface area (Å²) in [6, 6.07) is 8.90. The van der Waals surface area contributed by atoms with Crippen molar-refractivity contribution in [3.8, 4) is 17.2 Å². The molecular weight excluding hydrogens is 204 g/mol. The third kappa shape index (κ3) is 2.23. The second kappa shape index (κ2) is 4.53. The van der Waals surface area contributed by atoms with E-state index in [2.05, 4.69) is 4.98 Å². The minimum Gasteiger partial charge on any atom is -0.494 e. The third-order valence-corrected chi connectivity index (χ3v) is 2.08. The van der Waals surface area contributed by atoms with Crippen molar-refractivity contribution < 1.29 is 9.47 Å². The summed E-state index contributed by atoms with van der Waals surface area (Å²) < 4.78 is 10.7. The molecular formula is C12H12N2O2. The molecule has 0 aliphatic carbocycles. The number of nitrogens with two attached hydrogens (primary N) is 1. The first kappa shape index (κ1) is 10.3. The molecule has 0 unspecified atom stereocenters. The van der Waals surface area contributed by atoms with E-state index in [0.29, 0.717) is 22.9 Å². The quantitative estimate of drug-likeness (QED) is 0.801. The molecule has 2 N–H and O–H groups in total. The molecule has 0 aliphatic heterocycles. The van der Waals surface area contributed by atoms with E-state index >= 15 is 0 Å². The van der Waals surface area contributed by atoms with Crippen LogP contribution in [-0.2, 0) is 0 Å². The maximum atomic E-state index is 5.70. The van der Waals surface area contributed by atoms with Crippen molar-refractivity contribution >= 4 is 5.69 Å². The van der Waals surface area contributed by atoms with E-state index in [9.17, 15) is 0 Å². The molecule has 0 radical (unpaired) electrons. The molecule has 0 saturated heterocycles. The molecule has 0 fully saturated rings. The highest BCUT2D eigenvalue weighted by atomic mass is 16.5. The van der Waals surface area contributed by atoms with Crippen LogP contribution in [0.1, 0.15) is 0 Å². The van der Waals surface area contributed by atoms with Crippen LogP contribution in [0.4, 0.5) is 5.69 Å². The average Bonchev–Trinajstić information content (AvgIpc) is 2.33. The number of benzene rings is 1. The van der Waals surface area contributed by atoms with Crippen molar-refractivity contribution in [2.45, 2.75) is 0 Å². The highest BCUT2D eigenvalue weighted by molar-refractivity contribution is 5.56. The monoisotopic (exact) mass is 216 g/mol. The summed E-state index contributed by atoms with van der Waals surface area (Å²) in [5, 5.41) is 0. The second-order valence-corrected chi connectivity index (χ2v) is 3.19. The van der Waals surface area contributed by atoms with E-state index in [0.717, 1.165) is 0 Å². The summed E-state index contributed by atoms with van der Waals surface area (Å²) in [6.45, 7) is 0. The van der Waals surface area contributed by atoms with Crippen molar-refractivity contribution in [3.63, 3.8) is 0 Å². The fourth-order valence-electron chi connectivity index (χ4n) is 1.30. The van der Waals surface area contributed by atoms with Gasteiger partial charge in [0, 0.05) is 12.3 Å². The van der Waals surface area contributed by atoms with Gasteiger partial charge in [0.15, 0.2) is 0 Å². The van der Waals surface area contributed by atoms with E-state index in [1.165, 1.54) is 0 Å². The molecule has 0 aliphatic rings. The van der Waals surface area contributed by atoms with Gasteiger partial charge in [-0.15, -0.1) is 0 Å². The van der Waals surface area contributed by atoms with Crippen LogP contribution < -0.4 is 15.2 Å². The van der Waals surface area contributed by atoms with E-state index in [4.69, 9.17) is 15.2 Å². The molecule has 0 saturated carbocycles. The molecule has 1 heterocycles. The zero-order valence-electron chi connectivity index (χ0n) is 8.88. The van der Waals surface area contributed by atoms with Gasteiger partial charge in [-0.1, -0.05) is 0 Å². The van der Waals surface area contributed by atoms with Gasteiger partial charge in [-0.25, -0.2) is 0 Å². The normalized spacial score (nSPS) is 9.81. The van der Waals surface area contributed by atoms with Gasteiger partial charge in [0.2, 0.25) is 0 Å². The second-order valence-electron chi connectivity index (χ2n) is 3.19. The van der Waals surface area contributed by atoms with Crippen LogP contribution in [0.3, 0.4) is 0 Å². The zero-order chi connectivity index (χ0) is 11.4. The Labute approximate surface area is 93.6 Å². The molecule has 16 heavy (non-hydrogen) atoms. The minimum absolute atomic E-state index is 0.584. The first-order valence-electron chi connectivity index (χ1n) is 4.81. The molecule has 1 aromatic carbocycles. The Balaban J connectivity index is 2.22. The molecule has 0 atom stereocenters. The van der Waals surface area contributed by atoms with Gasteiger partial charge >= 0.3 is 0 Å². The maximum absolute atomic E-state index is 5.70. The van der Waals surface area contributed by atoms with Crippen LogP contribution in [0.5, 0.6) is 17.2 Å². The van der Waals surface area contributed by atoms with E-state index in [1.807, 2.05) is 12.1 Å². The van der Waals surface area contributed by atoms with Gasteiger partial charge in [-0.3, -0.25) is 4.98 Å². The lowest BCUT2D eigenvalue weighted by Gasteiger charge is -2.08. The van der Waals surface area contributed by atoms with Crippen LogP contribution in [0.2, 0.25) is 0 Å². The van der Waals surface area contributed by atoms with Gasteiger partial charge in [0.1, 0.15) is 17.2 Å². The van der Waals surface area contributed by atoms with Crippen molar-refractivity contribution in [1.82, 2.24) is 4.98 Å². The van der Waals surface area contributed by atoms with Gasteiger partial charge in [-0.05, 0) is 24.3 Å². The van der Waals surface area contributed by atoms with E-state index in [1.54, 1.807) is 37.7 Å². The number of nitrogen functional groups attached to an aromatic ring is 1. The standard InChI is InChI=1S/C12H12N2O2/c1-15-12-7-9(4-5-11(12)13)16-10-3-2-6-14-8-10/h2-8H,13H2,1H3. The van der Waals surface area contributed by atoms with Gasteiger partial charge in [0.05, 0.1) is 19.0 Å². The smallest absolute Gasteiger partial charge is 0.145 e. The Bertz CT molecular complexity index is 472. The molecule has 0 bridgehead atoms. The van der Waals surface area contributed by atoms with E-state index < -0.39 is 0 Å². The van der Waals surface area contributed by atoms with Crippen LogP contribution in [-0.4, -0.2) is 12.1 Å². The van der Waals surface area contributed by atoms with E-state index in [-0.39, 0.29) is 0 Å². The minimum atomic E-state index is 0.584. The Morgan fingerprint density at radius 2 is 2.06 bits per heavy atom. The number of methoxy groups -OCH3 is 1. The predicted molar refractivity (Wildman–Crippen MR) is 61.7 cm³/mol. The molecule has 0 spiro atoms. The Morgan fingerprint density at radius 3 is 2.75 bits per heavy atom. The van der Waals surface area contributed by atoms with Crippen molar-refractivity contribution in [2.24, 2.45) is 0 Å². The summed E-state index contributed by atoms with van der Waals surface area (Å²) in [6.07, 6.45) is 3.33. The molecule has 1 aromatic heterocycles.